The Morgan fingerprint density at radius 2 is 1.58 bits per heavy atom. The molecule has 1 N–H and O–H groups in total. The lowest BCUT2D eigenvalue weighted by molar-refractivity contribution is -0.381. The van der Waals surface area contributed by atoms with Gasteiger partial charge in [-0.2, -0.15) is 0 Å². The first kappa shape index (κ1) is 31.2. The van der Waals surface area contributed by atoms with Gasteiger partial charge in [-0.25, -0.2) is 9.59 Å². The van der Waals surface area contributed by atoms with Crippen LogP contribution in [0.3, 0.4) is 0 Å². The van der Waals surface area contributed by atoms with Crippen LogP contribution < -0.4 is 0 Å². The topological polar surface area (TPSA) is 161 Å². The van der Waals surface area contributed by atoms with Crippen molar-refractivity contribution < 1.29 is 57.5 Å². The van der Waals surface area contributed by atoms with Gasteiger partial charge in [-0.15, -0.1) is 0 Å². The van der Waals surface area contributed by atoms with Crippen molar-refractivity contribution in [3.05, 3.63) is 47.0 Å². The van der Waals surface area contributed by atoms with E-state index in [0.717, 1.165) is 0 Å². The highest BCUT2D eigenvalue weighted by Gasteiger charge is 2.88. The normalized spacial score (nSPS) is 40.4. The molecule has 3 aliphatic carbocycles. The van der Waals surface area contributed by atoms with Crippen LogP contribution in [0.2, 0.25) is 0 Å². The summed E-state index contributed by atoms with van der Waals surface area (Å²) < 4.78 is 36.3. The van der Waals surface area contributed by atoms with E-state index in [4.69, 9.17) is 28.4 Å². The Balaban J connectivity index is 1.70. The second kappa shape index (κ2) is 9.86. The summed E-state index contributed by atoms with van der Waals surface area (Å²) >= 11 is 0. The molecule has 9 atom stereocenters. The lowest BCUT2D eigenvalue weighted by Crippen LogP contribution is -2.87. The predicted molar refractivity (Wildman–Crippen MR) is 152 cm³/mol. The van der Waals surface area contributed by atoms with Crippen LogP contribution >= 0.6 is 0 Å². The van der Waals surface area contributed by atoms with E-state index in [0.29, 0.717) is 5.57 Å². The Bertz CT molecular complexity index is 1530. The Morgan fingerprint density at radius 3 is 2.13 bits per heavy atom. The molecule has 0 spiro atoms. The van der Waals surface area contributed by atoms with Gasteiger partial charge in [-0.05, 0) is 44.1 Å². The third-order valence-electron chi connectivity index (χ3n) is 11.0. The lowest BCUT2D eigenvalue weighted by Gasteiger charge is -2.74. The zero-order chi connectivity index (χ0) is 32.9. The van der Waals surface area contributed by atoms with E-state index in [9.17, 15) is 29.1 Å². The largest absolute Gasteiger partial charge is 0.462 e. The van der Waals surface area contributed by atoms with E-state index in [1.807, 2.05) is 0 Å². The fraction of sp³-hybridized carbons (Fsp3) is 0.606. The Morgan fingerprint density at radius 1 is 0.933 bits per heavy atom. The van der Waals surface area contributed by atoms with Crippen LogP contribution in [0.5, 0.6) is 0 Å². The molecule has 0 amide bonds. The molecular weight excluding hydrogens is 588 g/mol. The second-order valence-corrected chi connectivity index (χ2v) is 13.6. The number of rotatable bonds is 5. The Hall–Kier alpha value is -3.77. The number of ether oxygens (including phenoxy) is 6. The average molecular weight is 627 g/mol. The van der Waals surface area contributed by atoms with Crippen molar-refractivity contribution in [3.8, 4) is 0 Å². The summed E-state index contributed by atoms with van der Waals surface area (Å²) in [4.78, 5) is 66.0. The van der Waals surface area contributed by atoms with Gasteiger partial charge in [0.25, 0.3) is 0 Å². The molecule has 12 nitrogen and oxygen atoms in total. The molecule has 2 bridgehead atoms. The van der Waals surface area contributed by atoms with Gasteiger partial charge < -0.3 is 33.5 Å². The van der Waals surface area contributed by atoms with E-state index in [1.54, 1.807) is 58.0 Å². The maximum Gasteiger partial charge on any atom is 0.343 e. The maximum absolute atomic E-state index is 14.3. The van der Waals surface area contributed by atoms with Crippen molar-refractivity contribution >= 4 is 29.8 Å². The first-order valence-corrected chi connectivity index (χ1v) is 15.1. The third kappa shape index (κ3) is 3.87. The standard InChI is InChI=1S/C33H38O12/c1-16-21(41-17(2)34)14-31-24(16)33(39,28(38)45-29(31,5)6)30(7)22(42-18(3)35)13-23-32(15-40-23,44-19(4)36)25(30)26(31)43-27(37)20-11-9-8-10-12-20/h8-12,21-23,25-26,39H,13-15H2,1-7H3/t21-,22-,23+,25?,26-,30+,31-,32-,33+/m0/s1. The molecule has 1 aromatic rings. The maximum atomic E-state index is 14.3. The average Bonchev–Trinajstić information content (AvgIpc) is 3.24. The van der Waals surface area contributed by atoms with Crippen molar-refractivity contribution in [1.29, 1.82) is 0 Å². The molecule has 0 radical (unpaired) electrons. The zero-order valence-corrected chi connectivity index (χ0v) is 26.3. The van der Waals surface area contributed by atoms with Crippen molar-refractivity contribution in [2.75, 3.05) is 6.61 Å². The quantitative estimate of drug-likeness (QED) is 0.289. The molecule has 4 fully saturated rings. The van der Waals surface area contributed by atoms with Crippen LogP contribution in [0.4, 0.5) is 0 Å². The van der Waals surface area contributed by atoms with E-state index in [1.165, 1.54) is 20.8 Å². The van der Waals surface area contributed by atoms with Crippen LogP contribution in [0.15, 0.2) is 41.5 Å². The van der Waals surface area contributed by atoms with Crippen LogP contribution in [-0.2, 0) is 47.6 Å². The summed E-state index contributed by atoms with van der Waals surface area (Å²) in [6.45, 7) is 10.1. The molecule has 0 aromatic heterocycles. The third-order valence-corrected chi connectivity index (χ3v) is 11.0. The summed E-state index contributed by atoms with van der Waals surface area (Å²) in [5, 5.41) is 13.1. The highest BCUT2D eigenvalue weighted by atomic mass is 16.6. The fourth-order valence-corrected chi connectivity index (χ4v) is 9.24. The molecule has 1 unspecified atom stereocenters. The summed E-state index contributed by atoms with van der Waals surface area (Å²) in [5.41, 5.74) is -7.91. The van der Waals surface area contributed by atoms with Gasteiger partial charge >= 0.3 is 29.8 Å². The summed E-state index contributed by atoms with van der Waals surface area (Å²) in [7, 11) is 0. The molecule has 1 aromatic carbocycles. The number of fused-ring (bicyclic) bond motifs is 4. The number of carbonyl (C=O) groups is 5. The smallest absolute Gasteiger partial charge is 0.343 e. The molecule has 242 valence electrons. The number of benzene rings is 1. The van der Waals surface area contributed by atoms with E-state index in [-0.39, 0.29) is 30.6 Å². The number of esters is 5. The zero-order valence-electron chi connectivity index (χ0n) is 26.3. The van der Waals surface area contributed by atoms with Gasteiger partial charge in [-0.1, -0.05) is 25.1 Å². The van der Waals surface area contributed by atoms with Gasteiger partial charge in [0.2, 0.25) is 0 Å². The van der Waals surface area contributed by atoms with Gasteiger partial charge in [-0.3, -0.25) is 14.4 Å². The number of hydrogen-bond acceptors (Lipinski definition) is 12. The lowest BCUT2D eigenvalue weighted by atomic mass is 9.37. The number of cyclic esters (lactones) is 1. The Labute approximate surface area is 260 Å². The van der Waals surface area contributed by atoms with Crippen molar-refractivity contribution in [2.24, 2.45) is 16.7 Å². The van der Waals surface area contributed by atoms with E-state index >= 15 is 0 Å². The van der Waals surface area contributed by atoms with Crippen molar-refractivity contribution in [2.45, 2.75) is 103 Å². The fourth-order valence-electron chi connectivity index (χ4n) is 9.24. The van der Waals surface area contributed by atoms with E-state index < -0.39 is 87.8 Å². The minimum absolute atomic E-state index is 0.0183. The van der Waals surface area contributed by atoms with Crippen LogP contribution in [0, 0.1) is 16.7 Å². The summed E-state index contributed by atoms with van der Waals surface area (Å²) in [5.74, 6) is -4.81. The first-order chi connectivity index (χ1) is 21.0. The number of aliphatic hydroxyl groups is 1. The first-order valence-electron chi connectivity index (χ1n) is 15.1. The number of carbonyl (C=O) groups excluding carboxylic acids is 5. The van der Waals surface area contributed by atoms with Crippen LogP contribution in [-0.4, -0.2) is 82.8 Å². The molecule has 2 aliphatic heterocycles. The predicted octanol–water partition coefficient (Wildman–Crippen LogP) is 2.59. The molecule has 45 heavy (non-hydrogen) atoms. The minimum atomic E-state index is -2.49. The molecule has 5 aliphatic rings. The SMILES string of the molecule is CC(=O)O[C@H]1C[C@@]23C(=C1C)[C@@](O)(C(=O)OC2(C)C)[C@@]1(C)C([C@@H]3OC(=O)c2ccccc2)[C@]2(OC(C)=O)CO[C@@H]2C[C@@H]1OC(C)=O. The molecule has 2 saturated carbocycles. The highest BCUT2D eigenvalue weighted by molar-refractivity contribution is 5.92. The highest BCUT2D eigenvalue weighted by Crippen LogP contribution is 2.76. The van der Waals surface area contributed by atoms with Gasteiger partial charge in [0.15, 0.2) is 11.2 Å². The summed E-state index contributed by atoms with van der Waals surface area (Å²) in [6, 6.07) is 8.28. The van der Waals surface area contributed by atoms with Crippen LogP contribution in [0.1, 0.15) is 71.7 Å². The molecule has 6 rings (SSSR count). The number of hydrogen-bond donors (Lipinski definition) is 1. The van der Waals surface area contributed by atoms with Crippen molar-refractivity contribution in [1.82, 2.24) is 0 Å². The monoisotopic (exact) mass is 626 g/mol. The second-order valence-electron chi connectivity index (χ2n) is 13.6. The van der Waals surface area contributed by atoms with Crippen molar-refractivity contribution in [3.63, 3.8) is 0 Å². The Kier molecular flexibility index (Phi) is 6.84. The minimum Gasteiger partial charge on any atom is -0.462 e. The molecular formula is C33H38O12. The summed E-state index contributed by atoms with van der Waals surface area (Å²) in [6.07, 6.45) is -4.26. The molecule has 12 heteroatoms. The van der Waals surface area contributed by atoms with E-state index in [2.05, 4.69) is 0 Å². The molecule has 2 heterocycles. The van der Waals surface area contributed by atoms with Gasteiger partial charge in [0.05, 0.1) is 28.9 Å². The molecule has 2 saturated heterocycles. The van der Waals surface area contributed by atoms with Gasteiger partial charge in [0.1, 0.15) is 30.0 Å². The van der Waals surface area contributed by atoms with Crippen LogP contribution in [0.25, 0.3) is 0 Å². The van der Waals surface area contributed by atoms with Gasteiger partial charge in [0, 0.05) is 33.6 Å².